The largest absolute Gasteiger partial charge is 0.360 e. The van der Waals surface area contributed by atoms with E-state index in [2.05, 4.69) is 24.4 Å². The maximum absolute atomic E-state index is 13.4. The fraction of sp³-hybridized carbons (Fsp3) is 0.208. The molecule has 1 aliphatic rings. The van der Waals surface area contributed by atoms with Crippen LogP contribution in [0.4, 0.5) is 17.1 Å². The number of hydrogen-bond acceptors (Lipinski definition) is 4. The summed E-state index contributed by atoms with van der Waals surface area (Å²) in [6, 6.07) is 21.8. The van der Waals surface area contributed by atoms with E-state index in [9.17, 15) is 14.9 Å². The summed E-state index contributed by atoms with van der Waals surface area (Å²) in [5.74, 6) is -0.103. The van der Waals surface area contributed by atoms with Crippen LogP contribution in [0.1, 0.15) is 47.4 Å². The summed E-state index contributed by atoms with van der Waals surface area (Å²) < 4.78 is 0. The topological polar surface area (TPSA) is 75.5 Å². The van der Waals surface area contributed by atoms with Crippen molar-refractivity contribution < 1.29 is 9.72 Å². The summed E-state index contributed by atoms with van der Waals surface area (Å²) in [6.07, 6.45) is 2.81. The fourth-order valence-electron chi connectivity index (χ4n) is 3.74. The number of nitro benzene ring substituents is 1. The number of benzene rings is 3. The molecule has 6 nitrogen and oxygen atoms in total. The summed E-state index contributed by atoms with van der Waals surface area (Å²) in [7, 11) is 0. The Hall–Kier alpha value is -3.67. The number of nitrogens with zero attached hydrogens (tertiary/aromatic N) is 2. The molecule has 1 aliphatic heterocycles. The van der Waals surface area contributed by atoms with Gasteiger partial charge in [0.2, 0.25) is 0 Å². The summed E-state index contributed by atoms with van der Waals surface area (Å²) in [5.41, 5.74) is 4.18. The molecule has 0 saturated carbocycles. The van der Waals surface area contributed by atoms with Gasteiger partial charge in [-0.2, -0.15) is 0 Å². The number of carbonyl (C=O) groups is 1. The van der Waals surface area contributed by atoms with Crippen LogP contribution < -0.4 is 10.2 Å². The molecule has 3 aromatic carbocycles. The fourth-order valence-corrected chi connectivity index (χ4v) is 3.74. The van der Waals surface area contributed by atoms with Crippen LogP contribution >= 0.6 is 0 Å². The first kappa shape index (κ1) is 19.6. The van der Waals surface area contributed by atoms with Crippen LogP contribution in [0.2, 0.25) is 0 Å². The minimum atomic E-state index is -0.463. The van der Waals surface area contributed by atoms with Crippen LogP contribution in [0, 0.1) is 10.1 Å². The number of nitro groups is 1. The lowest BCUT2D eigenvalue weighted by molar-refractivity contribution is -0.384. The molecule has 0 aromatic heterocycles. The van der Waals surface area contributed by atoms with Gasteiger partial charge in [-0.05, 0) is 60.4 Å². The standard InChI is InChI=1S/C24H23N3O3/c1-2-3-6-17-9-13-19(14-10-17)26-23(18-11-15-20(16-12-18)27(29)30)25-22-8-5-4-7-21(22)24(26)28/h4-5,7-16,23,25H,2-3,6H2,1H3. The van der Waals surface area contributed by atoms with Crippen molar-refractivity contribution in [2.24, 2.45) is 0 Å². The zero-order chi connectivity index (χ0) is 21.1. The van der Waals surface area contributed by atoms with Gasteiger partial charge >= 0.3 is 0 Å². The average Bonchev–Trinajstić information content (AvgIpc) is 2.78. The molecule has 1 atom stereocenters. The van der Waals surface area contributed by atoms with E-state index in [1.54, 1.807) is 23.1 Å². The molecular formula is C24H23N3O3. The van der Waals surface area contributed by atoms with Crippen LogP contribution in [-0.2, 0) is 6.42 Å². The molecule has 3 aromatic rings. The van der Waals surface area contributed by atoms with Crippen molar-refractivity contribution in [3.05, 3.63) is 99.6 Å². The Morgan fingerprint density at radius 2 is 1.70 bits per heavy atom. The van der Waals surface area contributed by atoms with Crippen LogP contribution in [0.25, 0.3) is 0 Å². The molecule has 1 N–H and O–H groups in total. The summed E-state index contributed by atoms with van der Waals surface area (Å²) in [5, 5.41) is 14.4. The number of anilines is 2. The first-order chi connectivity index (χ1) is 14.6. The van der Waals surface area contributed by atoms with Gasteiger partial charge in [-0.25, -0.2) is 0 Å². The lowest BCUT2D eigenvalue weighted by Crippen LogP contribution is -2.43. The van der Waals surface area contributed by atoms with Gasteiger partial charge in [0.25, 0.3) is 11.6 Å². The van der Waals surface area contributed by atoms with Crippen molar-refractivity contribution >= 4 is 23.0 Å². The number of para-hydroxylation sites is 1. The van der Waals surface area contributed by atoms with Gasteiger partial charge in [-0.3, -0.25) is 19.8 Å². The Kier molecular flexibility index (Phi) is 5.48. The molecule has 0 aliphatic carbocycles. The lowest BCUT2D eigenvalue weighted by atomic mass is 10.0. The number of fused-ring (bicyclic) bond motifs is 1. The average molecular weight is 401 g/mol. The van der Waals surface area contributed by atoms with E-state index in [-0.39, 0.29) is 11.6 Å². The van der Waals surface area contributed by atoms with Crippen molar-refractivity contribution in [2.45, 2.75) is 32.4 Å². The predicted molar refractivity (Wildman–Crippen MR) is 118 cm³/mol. The van der Waals surface area contributed by atoms with Crippen LogP contribution in [0.3, 0.4) is 0 Å². The molecule has 1 amide bonds. The minimum absolute atomic E-state index is 0.0214. The maximum Gasteiger partial charge on any atom is 0.269 e. The molecule has 0 spiro atoms. The zero-order valence-electron chi connectivity index (χ0n) is 16.7. The summed E-state index contributed by atoms with van der Waals surface area (Å²) in [6.45, 7) is 2.17. The van der Waals surface area contributed by atoms with E-state index >= 15 is 0 Å². The van der Waals surface area contributed by atoms with Crippen LogP contribution in [0.15, 0.2) is 72.8 Å². The highest BCUT2D eigenvalue weighted by atomic mass is 16.6. The third-order valence-corrected chi connectivity index (χ3v) is 5.38. The SMILES string of the molecule is CCCCc1ccc(N2C(=O)c3ccccc3NC2c2ccc([N+](=O)[O-])cc2)cc1. The van der Waals surface area contributed by atoms with Crippen molar-refractivity contribution in [3.63, 3.8) is 0 Å². The quantitative estimate of drug-likeness (QED) is 0.424. The molecule has 0 radical (unpaired) electrons. The molecular weight excluding hydrogens is 378 g/mol. The highest BCUT2D eigenvalue weighted by Gasteiger charge is 2.34. The molecule has 0 fully saturated rings. The van der Waals surface area contributed by atoms with Crippen molar-refractivity contribution in [1.29, 1.82) is 0 Å². The Labute approximate surface area is 175 Å². The number of carbonyl (C=O) groups excluding carboxylic acids is 1. The number of rotatable bonds is 6. The third kappa shape index (κ3) is 3.76. The number of nitrogens with one attached hydrogen (secondary N) is 1. The van der Waals surface area contributed by atoms with E-state index in [4.69, 9.17) is 0 Å². The van der Waals surface area contributed by atoms with Gasteiger partial charge in [-0.1, -0.05) is 37.6 Å². The van der Waals surface area contributed by atoms with Gasteiger partial charge in [0.1, 0.15) is 6.17 Å². The van der Waals surface area contributed by atoms with E-state index in [1.807, 2.05) is 30.3 Å². The minimum Gasteiger partial charge on any atom is -0.360 e. The highest BCUT2D eigenvalue weighted by Crippen LogP contribution is 2.37. The highest BCUT2D eigenvalue weighted by molar-refractivity contribution is 6.12. The molecule has 152 valence electrons. The molecule has 0 saturated heterocycles. The van der Waals surface area contributed by atoms with Gasteiger partial charge in [-0.15, -0.1) is 0 Å². The summed E-state index contributed by atoms with van der Waals surface area (Å²) in [4.78, 5) is 25.7. The number of unbranched alkanes of at least 4 members (excludes halogenated alkanes) is 1. The van der Waals surface area contributed by atoms with Crippen LogP contribution in [-0.4, -0.2) is 10.8 Å². The second kappa shape index (κ2) is 8.37. The monoisotopic (exact) mass is 401 g/mol. The molecule has 30 heavy (non-hydrogen) atoms. The first-order valence-electron chi connectivity index (χ1n) is 10.1. The Balaban J connectivity index is 1.74. The Morgan fingerprint density at radius 1 is 1.00 bits per heavy atom. The normalized spacial score (nSPS) is 15.4. The number of aryl methyl sites for hydroxylation is 1. The van der Waals surface area contributed by atoms with E-state index in [1.165, 1.54) is 17.7 Å². The Bertz CT molecular complexity index is 1060. The van der Waals surface area contributed by atoms with Gasteiger partial charge < -0.3 is 5.32 Å². The summed E-state index contributed by atoms with van der Waals surface area (Å²) >= 11 is 0. The van der Waals surface area contributed by atoms with E-state index in [0.29, 0.717) is 5.56 Å². The van der Waals surface area contributed by atoms with Gasteiger partial charge in [0.05, 0.1) is 10.5 Å². The molecule has 6 heteroatoms. The molecule has 4 rings (SSSR count). The first-order valence-corrected chi connectivity index (χ1v) is 10.1. The van der Waals surface area contributed by atoms with Gasteiger partial charge in [0.15, 0.2) is 0 Å². The van der Waals surface area contributed by atoms with Crippen molar-refractivity contribution in [3.8, 4) is 0 Å². The van der Waals surface area contributed by atoms with Crippen molar-refractivity contribution in [1.82, 2.24) is 0 Å². The van der Waals surface area contributed by atoms with Crippen LogP contribution in [0.5, 0.6) is 0 Å². The second-order valence-corrected chi connectivity index (χ2v) is 7.39. The predicted octanol–water partition coefficient (Wildman–Crippen LogP) is 5.71. The Morgan fingerprint density at radius 3 is 2.37 bits per heavy atom. The van der Waals surface area contributed by atoms with Gasteiger partial charge in [0, 0.05) is 23.5 Å². The zero-order valence-corrected chi connectivity index (χ0v) is 16.7. The number of hydrogen-bond donors (Lipinski definition) is 1. The maximum atomic E-state index is 13.4. The molecule has 0 bridgehead atoms. The number of non-ortho nitro benzene ring substituents is 1. The van der Waals surface area contributed by atoms with E-state index < -0.39 is 11.1 Å². The second-order valence-electron chi connectivity index (χ2n) is 7.39. The number of amides is 1. The molecule has 1 unspecified atom stereocenters. The van der Waals surface area contributed by atoms with E-state index in [0.717, 1.165) is 36.2 Å². The smallest absolute Gasteiger partial charge is 0.269 e. The molecule has 1 heterocycles. The van der Waals surface area contributed by atoms with Crippen molar-refractivity contribution in [2.75, 3.05) is 10.2 Å². The third-order valence-electron chi connectivity index (χ3n) is 5.38. The lowest BCUT2D eigenvalue weighted by Gasteiger charge is -2.38.